The Morgan fingerprint density at radius 3 is 2.70 bits per heavy atom. The minimum atomic E-state index is 0.0486. The third-order valence-electron chi connectivity index (χ3n) is 3.88. The lowest BCUT2D eigenvalue weighted by molar-refractivity contribution is 0.0746. The number of carbonyl (C=O) groups is 1. The number of hydrogen-bond donors (Lipinski definition) is 0. The number of nitrogens with zero attached hydrogens (tertiary/aromatic N) is 2. The third-order valence-corrected chi connectivity index (χ3v) is 4.77. The van der Waals surface area contributed by atoms with E-state index >= 15 is 0 Å². The van der Waals surface area contributed by atoms with E-state index in [2.05, 4.69) is 27.9 Å². The zero-order valence-electron chi connectivity index (χ0n) is 11.9. The molecule has 1 saturated heterocycles. The second kappa shape index (κ2) is 6.92. The van der Waals surface area contributed by atoms with Gasteiger partial charge < -0.3 is 9.80 Å². The Balaban J connectivity index is 1.98. The number of amides is 1. The summed E-state index contributed by atoms with van der Waals surface area (Å²) in [6.45, 7) is 3.07. The van der Waals surface area contributed by atoms with Gasteiger partial charge in [-0.1, -0.05) is 11.6 Å². The highest BCUT2D eigenvalue weighted by molar-refractivity contribution is 9.10. The fraction of sp³-hybridized carbons (Fsp3) is 0.533. The SMILES string of the molecule is CN1CCC(CN(C)C(=O)c2ccc(Cl)cc2Br)CC1. The van der Waals surface area contributed by atoms with Crippen LogP contribution in [0.3, 0.4) is 0 Å². The smallest absolute Gasteiger partial charge is 0.254 e. The number of hydrogen-bond acceptors (Lipinski definition) is 2. The van der Waals surface area contributed by atoms with Gasteiger partial charge in [0, 0.05) is 23.1 Å². The second-order valence-electron chi connectivity index (χ2n) is 5.56. The quantitative estimate of drug-likeness (QED) is 0.824. The van der Waals surface area contributed by atoms with Crippen LogP contribution in [-0.2, 0) is 0 Å². The van der Waals surface area contributed by atoms with Crippen LogP contribution in [0.2, 0.25) is 5.02 Å². The second-order valence-corrected chi connectivity index (χ2v) is 6.85. The monoisotopic (exact) mass is 358 g/mol. The van der Waals surface area contributed by atoms with Gasteiger partial charge in [-0.25, -0.2) is 0 Å². The first-order valence-electron chi connectivity index (χ1n) is 6.86. The molecule has 5 heteroatoms. The molecule has 0 aliphatic carbocycles. The molecule has 0 N–H and O–H groups in total. The van der Waals surface area contributed by atoms with Crippen molar-refractivity contribution in [2.24, 2.45) is 5.92 Å². The first-order chi connectivity index (χ1) is 9.47. The normalized spacial score (nSPS) is 17.2. The van der Waals surface area contributed by atoms with Gasteiger partial charge in [0.25, 0.3) is 5.91 Å². The minimum Gasteiger partial charge on any atom is -0.341 e. The van der Waals surface area contributed by atoms with E-state index in [4.69, 9.17) is 11.6 Å². The topological polar surface area (TPSA) is 23.6 Å². The van der Waals surface area contributed by atoms with E-state index in [0.29, 0.717) is 16.5 Å². The van der Waals surface area contributed by atoms with Gasteiger partial charge in [0.15, 0.2) is 0 Å². The highest BCUT2D eigenvalue weighted by atomic mass is 79.9. The predicted octanol–water partition coefficient (Wildman–Crippen LogP) is 3.52. The van der Waals surface area contributed by atoms with Crippen LogP contribution in [0, 0.1) is 5.92 Å². The lowest BCUT2D eigenvalue weighted by atomic mass is 9.96. The molecule has 1 fully saturated rings. The molecule has 0 unspecified atom stereocenters. The van der Waals surface area contributed by atoms with Crippen molar-refractivity contribution in [1.82, 2.24) is 9.80 Å². The summed E-state index contributed by atoms with van der Waals surface area (Å²) in [5.74, 6) is 0.652. The Kier molecular flexibility index (Phi) is 5.47. The van der Waals surface area contributed by atoms with Crippen molar-refractivity contribution in [2.45, 2.75) is 12.8 Å². The van der Waals surface area contributed by atoms with E-state index in [1.807, 2.05) is 11.9 Å². The van der Waals surface area contributed by atoms with Crippen molar-refractivity contribution in [3.05, 3.63) is 33.3 Å². The van der Waals surface area contributed by atoms with Crippen molar-refractivity contribution in [3.8, 4) is 0 Å². The predicted molar refractivity (Wildman–Crippen MR) is 86.3 cm³/mol. The van der Waals surface area contributed by atoms with Crippen LogP contribution >= 0.6 is 27.5 Å². The van der Waals surface area contributed by atoms with Gasteiger partial charge in [-0.05, 0) is 73.0 Å². The Morgan fingerprint density at radius 1 is 1.45 bits per heavy atom. The molecule has 1 aromatic rings. The fourth-order valence-corrected chi connectivity index (χ4v) is 3.44. The zero-order valence-corrected chi connectivity index (χ0v) is 14.2. The van der Waals surface area contributed by atoms with Crippen LogP contribution in [-0.4, -0.2) is 49.4 Å². The standard InChI is InChI=1S/C15H20BrClN2O/c1-18-7-5-11(6-8-18)10-19(2)15(20)13-4-3-12(17)9-14(13)16/h3-4,9,11H,5-8,10H2,1-2H3. The fourth-order valence-electron chi connectivity index (χ4n) is 2.58. The molecule has 1 amide bonds. The third kappa shape index (κ3) is 3.96. The van der Waals surface area contributed by atoms with E-state index in [-0.39, 0.29) is 5.91 Å². The van der Waals surface area contributed by atoms with Gasteiger partial charge in [-0.2, -0.15) is 0 Å². The van der Waals surface area contributed by atoms with Gasteiger partial charge in [0.05, 0.1) is 5.56 Å². The largest absolute Gasteiger partial charge is 0.341 e. The van der Waals surface area contributed by atoms with Crippen LogP contribution < -0.4 is 0 Å². The first-order valence-corrected chi connectivity index (χ1v) is 8.03. The molecule has 1 aliphatic rings. The average Bonchev–Trinajstić information content (AvgIpc) is 2.40. The molecular weight excluding hydrogens is 340 g/mol. The molecule has 20 heavy (non-hydrogen) atoms. The summed E-state index contributed by atoms with van der Waals surface area (Å²) in [7, 11) is 4.03. The maximum Gasteiger partial charge on any atom is 0.254 e. The van der Waals surface area contributed by atoms with Crippen molar-refractivity contribution in [2.75, 3.05) is 33.7 Å². The van der Waals surface area contributed by atoms with E-state index in [9.17, 15) is 4.79 Å². The molecule has 1 heterocycles. The maximum atomic E-state index is 12.5. The highest BCUT2D eigenvalue weighted by Gasteiger charge is 2.22. The Labute approximate surface area is 134 Å². The highest BCUT2D eigenvalue weighted by Crippen LogP contribution is 2.24. The summed E-state index contributed by atoms with van der Waals surface area (Å²) in [5, 5.41) is 0.631. The summed E-state index contributed by atoms with van der Waals surface area (Å²) < 4.78 is 0.755. The summed E-state index contributed by atoms with van der Waals surface area (Å²) in [6, 6.07) is 5.29. The molecule has 110 valence electrons. The number of benzene rings is 1. The lowest BCUT2D eigenvalue weighted by Gasteiger charge is -2.31. The zero-order chi connectivity index (χ0) is 14.7. The van der Waals surface area contributed by atoms with Gasteiger partial charge in [0.1, 0.15) is 0 Å². The molecule has 0 saturated carbocycles. The minimum absolute atomic E-state index is 0.0486. The van der Waals surface area contributed by atoms with Crippen molar-refractivity contribution >= 4 is 33.4 Å². The van der Waals surface area contributed by atoms with Crippen LogP contribution in [0.4, 0.5) is 0 Å². The molecule has 3 nitrogen and oxygen atoms in total. The first kappa shape index (κ1) is 15.8. The number of rotatable bonds is 3. The van der Waals surface area contributed by atoms with Gasteiger partial charge in [-0.15, -0.1) is 0 Å². The Bertz CT molecular complexity index is 487. The van der Waals surface area contributed by atoms with Crippen molar-refractivity contribution in [1.29, 1.82) is 0 Å². The van der Waals surface area contributed by atoms with Gasteiger partial charge in [0.2, 0.25) is 0 Å². The van der Waals surface area contributed by atoms with Gasteiger partial charge >= 0.3 is 0 Å². The number of carbonyl (C=O) groups excluding carboxylic acids is 1. The molecule has 2 rings (SSSR count). The molecule has 1 aliphatic heterocycles. The lowest BCUT2D eigenvalue weighted by Crippen LogP contribution is -2.38. The van der Waals surface area contributed by atoms with E-state index in [1.54, 1.807) is 18.2 Å². The Morgan fingerprint density at radius 2 is 2.10 bits per heavy atom. The van der Waals surface area contributed by atoms with Crippen molar-refractivity contribution < 1.29 is 4.79 Å². The summed E-state index contributed by atoms with van der Waals surface area (Å²) in [5.41, 5.74) is 0.671. The van der Waals surface area contributed by atoms with Crippen LogP contribution in [0.25, 0.3) is 0 Å². The molecule has 1 aromatic carbocycles. The van der Waals surface area contributed by atoms with E-state index in [0.717, 1.165) is 36.9 Å². The maximum absolute atomic E-state index is 12.5. The van der Waals surface area contributed by atoms with Crippen molar-refractivity contribution in [3.63, 3.8) is 0 Å². The summed E-state index contributed by atoms with van der Waals surface area (Å²) >= 11 is 9.32. The number of piperidine rings is 1. The van der Waals surface area contributed by atoms with E-state index < -0.39 is 0 Å². The number of halogens is 2. The summed E-state index contributed by atoms with van der Waals surface area (Å²) in [4.78, 5) is 16.6. The molecule has 0 spiro atoms. The molecule has 0 aromatic heterocycles. The molecule has 0 radical (unpaired) electrons. The number of likely N-dealkylation sites (tertiary alicyclic amines) is 1. The molecular formula is C15H20BrClN2O. The molecule has 0 atom stereocenters. The van der Waals surface area contributed by atoms with Gasteiger partial charge in [-0.3, -0.25) is 4.79 Å². The summed E-state index contributed by atoms with van der Waals surface area (Å²) in [6.07, 6.45) is 2.33. The molecule has 0 bridgehead atoms. The van der Waals surface area contributed by atoms with E-state index in [1.165, 1.54) is 0 Å². The van der Waals surface area contributed by atoms with Crippen LogP contribution in [0.15, 0.2) is 22.7 Å². The van der Waals surface area contributed by atoms with Crippen LogP contribution in [0.5, 0.6) is 0 Å². The average molecular weight is 360 g/mol. The Hall–Kier alpha value is -0.580. The van der Waals surface area contributed by atoms with Crippen LogP contribution in [0.1, 0.15) is 23.2 Å².